The highest BCUT2D eigenvalue weighted by Crippen LogP contribution is 2.34. The van der Waals surface area contributed by atoms with Crippen LogP contribution in [-0.4, -0.2) is 87.0 Å². The molecule has 1 unspecified atom stereocenters. The Morgan fingerprint density at radius 2 is 1.91 bits per heavy atom. The fraction of sp³-hybridized carbons (Fsp3) is 0.545. The molecular weight excluding hydrogens is 604 g/mol. The van der Waals surface area contributed by atoms with Crippen LogP contribution in [0.15, 0.2) is 42.7 Å². The fourth-order valence-corrected chi connectivity index (χ4v) is 7.14. The van der Waals surface area contributed by atoms with Gasteiger partial charge in [-0.1, -0.05) is 45.0 Å². The minimum Gasteiger partial charge on any atom is -0.465 e. The van der Waals surface area contributed by atoms with Gasteiger partial charge < -0.3 is 24.8 Å². The standard InChI is InChI=1S/C33H46N6O6Si/c1-22-35-27-13-12-25(17-28(27)38(22)21-45-15-16-46(2,3)4)39(32(42)29-18-26(40)20-37(29)33(43)44)30(23-9-8-14-34-19-23)31(41)36-24-10-6-5-7-11-24/h8-9,12-14,17,19,24,26,29-30,40H,5-7,10-11,15-16,18,20-21H2,1-4H3,(H,36,41)(H,43,44)/t26-,29-,30?/m1/s1. The zero-order valence-corrected chi connectivity index (χ0v) is 28.2. The predicted molar refractivity (Wildman–Crippen MR) is 177 cm³/mol. The number of nitrogens with one attached hydrogen (secondary N) is 1. The average molecular weight is 651 g/mol. The molecule has 46 heavy (non-hydrogen) atoms. The maximum Gasteiger partial charge on any atom is 0.408 e. The molecule has 0 bridgehead atoms. The number of aliphatic hydroxyl groups excluding tert-OH is 1. The van der Waals surface area contributed by atoms with Crippen molar-refractivity contribution < 1.29 is 29.3 Å². The zero-order chi connectivity index (χ0) is 33.0. The molecule has 0 spiro atoms. The van der Waals surface area contributed by atoms with Gasteiger partial charge in [0.05, 0.1) is 23.7 Å². The first-order valence-corrected chi connectivity index (χ1v) is 19.9. The van der Waals surface area contributed by atoms with E-state index in [2.05, 4.69) is 29.9 Å². The van der Waals surface area contributed by atoms with Gasteiger partial charge in [0.1, 0.15) is 24.6 Å². The molecule has 1 aliphatic carbocycles. The van der Waals surface area contributed by atoms with Crippen LogP contribution in [0, 0.1) is 6.92 Å². The lowest BCUT2D eigenvalue weighted by molar-refractivity contribution is -0.129. The second-order valence-corrected chi connectivity index (χ2v) is 19.3. The van der Waals surface area contributed by atoms with Crippen molar-refractivity contribution in [3.8, 4) is 0 Å². The molecule has 3 amide bonds. The molecule has 3 atom stereocenters. The van der Waals surface area contributed by atoms with E-state index in [4.69, 9.17) is 9.72 Å². The number of carbonyl (C=O) groups excluding carboxylic acids is 2. The fourth-order valence-electron chi connectivity index (χ4n) is 6.38. The minimum atomic E-state index is -1.31. The quantitative estimate of drug-likeness (QED) is 0.200. The van der Waals surface area contributed by atoms with Gasteiger partial charge in [0.25, 0.3) is 5.91 Å². The van der Waals surface area contributed by atoms with E-state index in [0.717, 1.165) is 54.4 Å². The minimum absolute atomic E-state index is 0.0268. The summed E-state index contributed by atoms with van der Waals surface area (Å²) >= 11 is 0. The van der Waals surface area contributed by atoms with Crippen molar-refractivity contribution in [3.05, 3.63) is 54.1 Å². The van der Waals surface area contributed by atoms with Gasteiger partial charge in [0.2, 0.25) is 5.91 Å². The molecule has 248 valence electrons. The molecule has 1 saturated carbocycles. The van der Waals surface area contributed by atoms with Gasteiger partial charge >= 0.3 is 6.09 Å². The first-order valence-electron chi connectivity index (χ1n) is 16.2. The molecule has 1 aromatic carbocycles. The van der Waals surface area contributed by atoms with E-state index in [0.29, 0.717) is 23.4 Å². The van der Waals surface area contributed by atoms with E-state index in [1.165, 1.54) is 4.90 Å². The normalized spacial score (nSPS) is 19.7. The first-order chi connectivity index (χ1) is 21.9. The Kier molecular flexibility index (Phi) is 10.4. The number of benzene rings is 1. The van der Waals surface area contributed by atoms with Crippen molar-refractivity contribution >= 4 is 42.7 Å². The summed E-state index contributed by atoms with van der Waals surface area (Å²) in [6.45, 7) is 9.49. The van der Waals surface area contributed by atoms with Crippen LogP contribution in [-0.2, 0) is 21.1 Å². The second kappa shape index (κ2) is 14.3. The van der Waals surface area contributed by atoms with Crippen LogP contribution in [0.3, 0.4) is 0 Å². The molecule has 1 saturated heterocycles. The molecule has 0 radical (unpaired) electrons. The number of carbonyl (C=O) groups is 3. The molecule has 3 N–H and O–H groups in total. The summed E-state index contributed by atoms with van der Waals surface area (Å²) in [4.78, 5) is 52.4. The van der Waals surface area contributed by atoms with Crippen LogP contribution in [0.5, 0.6) is 0 Å². The number of aromatic nitrogens is 3. The molecular formula is C33H46N6O6Si. The Morgan fingerprint density at radius 1 is 1.15 bits per heavy atom. The Hall–Kier alpha value is -3.81. The molecule has 3 aromatic rings. The molecule has 12 nitrogen and oxygen atoms in total. The average Bonchev–Trinajstić information content (AvgIpc) is 3.56. The molecule has 5 rings (SSSR count). The first kappa shape index (κ1) is 33.5. The summed E-state index contributed by atoms with van der Waals surface area (Å²) in [5.74, 6) is -0.221. The van der Waals surface area contributed by atoms with Crippen molar-refractivity contribution in [1.29, 1.82) is 0 Å². The molecule has 3 heterocycles. The summed E-state index contributed by atoms with van der Waals surface area (Å²) in [6.07, 6.45) is 5.62. The highest BCUT2D eigenvalue weighted by atomic mass is 28.3. The lowest BCUT2D eigenvalue weighted by atomic mass is 9.94. The van der Waals surface area contributed by atoms with E-state index in [9.17, 15) is 24.6 Å². The molecule has 13 heteroatoms. The number of nitrogens with zero attached hydrogens (tertiary/aromatic N) is 5. The smallest absolute Gasteiger partial charge is 0.408 e. The summed E-state index contributed by atoms with van der Waals surface area (Å²) < 4.78 is 8.01. The zero-order valence-electron chi connectivity index (χ0n) is 27.2. The van der Waals surface area contributed by atoms with Crippen molar-refractivity contribution in [2.45, 2.75) is 102 Å². The molecule has 2 aliphatic rings. The highest BCUT2D eigenvalue weighted by Gasteiger charge is 2.45. The Bertz CT molecular complexity index is 1540. The number of fused-ring (bicyclic) bond motifs is 1. The third-order valence-electron chi connectivity index (χ3n) is 8.92. The number of ether oxygens (including phenoxy) is 1. The number of carboxylic acid groups (broad SMARTS) is 1. The van der Waals surface area contributed by atoms with E-state index >= 15 is 0 Å². The van der Waals surface area contributed by atoms with Gasteiger partial charge in [-0.15, -0.1) is 0 Å². The number of imidazole rings is 1. The number of rotatable bonds is 11. The van der Waals surface area contributed by atoms with Crippen molar-refractivity contribution in [2.75, 3.05) is 18.1 Å². The number of pyridine rings is 1. The summed E-state index contributed by atoms with van der Waals surface area (Å²) in [5, 5.41) is 23.6. The number of β-amino-alcohol motifs (C(OH)–C–C–N with tert-alkyl or cyclic N) is 1. The maximum atomic E-state index is 14.6. The molecule has 2 aromatic heterocycles. The molecule has 1 aliphatic heterocycles. The van der Waals surface area contributed by atoms with Gasteiger partial charge in [0.15, 0.2) is 0 Å². The van der Waals surface area contributed by atoms with Crippen LogP contribution >= 0.6 is 0 Å². The van der Waals surface area contributed by atoms with Crippen LogP contribution in [0.4, 0.5) is 10.5 Å². The monoisotopic (exact) mass is 650 g/mol. The number of anilines is 1. The number of hydrogen-bond acceptors (Lipinski definition) is 7. The van der Waals surface area contributed by atoms with E-state index in [-0.39, 0.29) is 31.6 Å². The van der Waals surface area contributed by atoms with Crippen LogP contribution in [0.25, 0.3) is 11.0 Å². The number of aliphatic hydroxyl groups is 1. The van der Waals surface area contributed by atoms with Gasteiger partial charge in [-0.05, 0) is 50.1 Å². The Labute approximate surface area is 270 Å². The number of amides is 3. The van der Waals surface area contributed by atoms with Gasteiger partial charge in [-0.25, -0.2) is 9.78 Å². The van der Waals surface area contributed by atoms with Gasteiger partial charge in [-0.3, -0.25) is 24.4 Å². The van der Waals surface area contributed by atoms with Crippen LogP contribution in [0.2, 0.25) is 25.7 Å². The van der Waals surface area contributed by atoms with Crippen LogP contribution < -0.4 is 10.2 Å². The second-order valence-electron chi connectivity index (χ2n) is 13.7. The van der Waals surface area contributed by atoms with Crippen molar-refractivity contribution in [1.82, 2.24) is 24.8 Å². The highest BCUT2D eigenvalue weighted by molar-refractivity contribution is 6.76. The van der Waals surface area contributed by atoms with E-state index < -0.39 is 38.3 Å². The maximum absolute atomic E-state index is 14.6. The largest absolute Gasteiger partial charge is 0.465 e. The Balaban J connectivity index is 1.59. The SMILES string of the molecule is Cc1nc2ccc(N(C(=O)[C@H]3C[C@@H](O)CN3C(=O)O)C(C(=O)NC3CCCCC3)c3cccnc3)cc2n1COCC[Si](C)(C)C. The summed E-state index contributed by atoms with van der Waals surface area (Å²) in [5.41, 5.74) is 2.32. The van der Waals surface area contributed by atoms with Crippen molar-refractivity contribution in [3.63, 3.8) is 0 Å². The summed E-state index contributed by atoms with van der Waals surface area (Å²) in [6, 6.07) is 7.47. The van der Waals surface area contributed by atoms with E-state index in [1.54, 1.807) is 36.7 Å². The van der Waals surface area contributed by atoms with Gasteiger partial charge in [0, 0.05) is 50.8 Å². The van der Waals surface area contributed by atoms with Crippen molar-refractivity contribution in [2.24, 2.45) is 0 Å². The van der Waals surface area contributed by atoms with Crippen LogP contribution in [0.1, 0.15) is 56.0 Å². The number of aryl methyl sites for hydroxylation is 1. The van der Waals surface area contributed by atoms with E-state index in [1.807, 2.05) is 17.6 Å². The topological polar surface area (TPSA) is 150 Å². The lowest BCUT2D eigenvalue weighted by Crippen LogP contribution is -2.53. The number of hydrogen-bond donors (Lipinski definition) is 3. The molecule has 2 fully saturated rings. The third kappa shape index (κ3) is 7.76. The third-order valence-corrected chi connectivity index (χ3v) is 10.6. The lowest BCUT2D eigenvalue weighted by Gasteiger charge is -2.36. The number of likely N-dealkylation sites (tertiary alicyclic amines) is 1. The van der Waals surface area contributed by atoms with Gasteiger partial charge in [-0.2, -0.15) is 0 Å². The predicted octanol–water partition coefficient (Wildman–Crippen LogP) is 4.69. The summed E-state index contributed by atoms with van der Waals surface area (Å²) in [7, 11) is -1.29. The Morgan fingerprint density at radius 3 is 2.59 bits per heavy atom.